The molecule has 0 aliphatic rings. The molecule has 0 nitrogen and oxygen atoms in total. The Morgan fingerprint density at radius 1 is 1.18 bits per heavy atom. The zero-order valence-electron chi connectivity index (χ0n) is 5.32. The van der Waals surface area contributed by atoms with Gasteiger partial charge >= 0.3 is 0 Å². The molecule has 0 saturated heterocycles. The lowest BCUT2D eigenvalue weighted by atomic mass is 10.2. The molecule has 0 saturated carbocycles. The smallest absolute Gasteiger partial charge is 0.0843 e. The largest absolute Gasteiger partial charge is 0.159 e. The SMILES string of the molecule is Clc1cccc(C(Br)(Br)Br)c1. The molecule has 11 heavy (non-hydrogen) atoms. The fourth-order valence-corrected chi connectivity index (χ4v) is 1.59. The summed E-state index contributed by atoms with van der Waals surface area (Å²) in [5, 5.41) is 0.727. The predicted octanol–water partition coefficient (Wildman–Crippen LogP) is 4.64. The maximum Gasteiger partial charge on any atom is 0.159 e. The van der Waals surface area contributed by atoms with Gasteiger partial charge in [0.15, 0.2) is 2.14 Å². The van der Waals surface area contributed by atoms with Gasteiger partial charge in [0.1, 0.15) is 0 Å². The van der Waals surface area contributed by atoms with Crippen LogP contribution in [0.3, 0.4) is 0 Å². The molecule has 0 spiro atoms. The molecule has 1 rings (SSSR count). The molecular weight excluding hydrogens is 359 g/mol. The zero-order valence-corrected chi connectivity index (χ0v) is 10.8. The van der Waals surface area contributed by atoms with Crippen LogP contribution in [0.15, 0.2) is 24.3 Å². The van der Waals surface area contributed by atoms with Gasteiger partial charge in [-0.2, -0.15) is 0 Å². The fourth-order valence-electron chi connectivity index (χ4n) is 0.665. The normalized spacial score (nSPS) is 11.6. The second-order valence-electron chi connectivity index (χ2n) is 2.01. The van der Waals surface area contributed by atoms with E-state index >= 15 is 0 Å². The summed E-state index contributed by atoms with van der Waals surface area (Å²) in [6.45, 7) is 0. The molecule has 4 heteroatoms. The van der Waals surface area contributed by atoms with Crippen LogP contribution in [0.2, 0.25) is 5.02 Å². The van der Waals surface area contributed by atoms with Crippen molar-refractivity contribution in [3.63, 3.8) is 0 Å². The maximum atomic E-state index is 5.79. The first-order chi connectivity index (χ1) is 5.00. The van der Waals surface area contributed by atoms with Gasteiger partial charge in [0, 0.05) is 5.02 Å². The Bertz CT molecular complexity index is 254. The van der Waals surface area contributed by atoms with E-state index < -0.39 is 0 Å². The van der Waals surface area contributed by atoms with Crippen molar-refractivity contribution in [3.05, 3.63) is 34.9 Å². The van der Waals surface area contributed by atoms with Gasteiger partial charge in [-0.15, -0.1) is 0 Å². The lowest BCUT2D eigenvalue weighted by Crippen LogP contribution is -1.96. The Hall–Kier alpha value is 0.950. The summed E-state index contributed by atoms with van der Waals surface area (Å²) < 4.78 is -0.363. The summed E-state index contributed by atoms with van der Waals surface area (Å²) >= 11 is 16.0. The van der Waals surface area contributed by atoms with E-state index in [1.807, 2.05) is 24.3 Å². The van der Waals surface area contributed by atoms with Crippen molar-refractivity contribution in [3.8, 4) is 0 Å². The first kappa shape index (κ1) is 10.0. The molecule has 1 aromatic carbocycles. The summed E-state index contributed by atoms with van der Waals surface area (Å²) in [7, 11) is 0. The number of hydrogen-bond acceptors (Lipinski definition) is 0. The third kappa shape index (κ3) is 3.05. The average molecular weight is 363 g/mol. The highest BCUT2D eigenvalue weighted by atomic mass is 80.0. The van der Waals surface area contributed by atoms with Crippen LogP contribution in [-0.4, -0.2) is 0 Å². The minimum atomic E-state index is -0.363. The molecule has 0 atom stereocenters. The van der Waals surface area contributed by atoms with Crippen molar-refractivity contribution in [1.82, 2.24) is 0 Å². The van der Waals surface area contributed by atoms with E-state index in [1.54, 1.807) is 0 Å². The van der Waals surface area contributed by atoms with Crippen LogP contribution < -0.4 is 0 Å². The first-order valence-corrected chi connectivity index (χ1v) is 5.58. The third-order valence-corrected chi connectivity index (χ3v) is 2.76. The maximum absolute atomic E-state index is 5.79. The molecule has 60 valence electrons. The Morgan fingerprint density at radius 2 is 1.82 bits per heavy atom. The lowest BCUT2D eigenvalue weighted by molar-refractivity contribution is 1.37. The molecule has 0 radical (unpaired) electrons. The molecule has 0 bridgehead atoms. The lowest BCUT2D eigenvalue weighted by Gasteiger charge is -2.11. The monoisotopic (exact) mass is 360 g/mol. The summed E-state index contributed by atoms with van der Waals surface area (Å²) in [4.78, 5) is 0. The van der Waals surface area contributed by atoms with Crippen molar-refractivity contribution in [1.29, 1.82) is 0 Å². The summed E-state index contributed by atoms with van der Waals surface area (Å²) in [5.41, 5.74) is 1.03. The topological polar surface area (TPSA) is 0 Å². The molecule has 0 aromatic heterocycles. The molecule has 0 heterocycles. The molecule has 0 amide bonds. The van der Waals surface area contributed by atoms with Gasteiger partial charge in [-0.05, 0) is 17.7 Å². The van der Waals surface area contributed by atoms with Crippen molar-refractivity contribution in [2.45, 2.75) is 2.14 Å². The Morgan fingerprint density at radius 3 is 2.18 bits per heavy atom. The molecule has 0 N–H and O–H groups in total. The number of alkyl halides is 3. The molecule has 0 aliphatic heterocycles. The molecule has 0 fully saturated rings. The molecule has 0 unspecified atom stereocenters. The van der Waals surface area contributed by atoms with E-state index in [0.29, 0.717) is 0 Å². The van der Waals surface area contributed by atoms with Crippen molar-refractivity contribution in [2.75, 3.05) is 0 Å². The highest BCUT2D eigenvalue weighted by Gasteiger charge is 2.20. The quantitative estimate of drug-likeness (QED) is 0.590. The van der Waals surface area contributed by atoms with Gasteiger partial charge in [0.05, 0.1) is 0 Å². The van der Waals surface area contributed by atoms with E-state index in [2.05, 4.69) is 47.8 Å². The standard InChI is InChI=1S/C7H4Br3Cl/c8-7(9,10)5-2-1-3-6(11)4-5/h1-4H. The van der Waals surface area contributed by atoms with Crippen molar-refractivity contribution < 1.29 is 0 Å². The first-order valence-electron chi connectivity index (χ1n) is 2.83. The van der Waals surface area contributed by atoms with E-state index in [1.165, 1.54) is 0 Å². The van der Waals surface area contributed by atoms with Crippen molar-refractivity contribution in [2.24, 2.45) is 0 Å². The predicted molar refractivity (Wildman–Crippen MR) is 59.9 cm³/mol. The Kier molecular flexibility index (Phi) is 3.44. The van der Waals surface area contributed by atoms with Crippen LogP contribution in [0.4, 0.5) is 0 Å². The van der Waals surface area contributed by atoms with Crippen LogP contribution in [0.25, 0.3) is 0 Å². The van der Waals surface area contributed by atoms with E-state index in [-0.39, 0.29) is 2.14 Å². The Balaban J connectivity index is 3.06. The van der Waals surface area contributed by atoms with Gasteiger partial charge < -0.3 is 0 Å². The summed E-state index contributed by atoms with van der Waals surface area (Å²) in [6.07, 6.45) is 0. The van der Waals surface area contributed by atoms with Gasteiger partial charge in [0.2, 0.25) is 0 Å². The van der Waals surface area contributed by atoms with Crippen molar-refractivity contribution >= 4 is 59.4 Å². The van der Waals surface area contributed by atoms with Crippen LogP contribution in [0.5, 0.6) is 0 Å². The minimum absolute atomic E-state index is 0.363. The highest BCUT2D eigenvalue weighted by Crippen LogP contribution is 2.44. The van der Waals surface area contributed by atoms with Gasteiger partial charge in [-0.1, -0.05) is 71.5 Å². The van der Waals surface area contributed by atoms with Crippen LogP contribution in [0.1, 0.15) is 5.56 Å². The number of benzene rings is 1. The van der Waals surface area contributed by atoms with Gasteiger partial charge in [0.25, 0.3) is 0 Å². The van der Waals surface area contributed by atoms with Crippen LogP contribution in [-0.2, 0) is 2.14 Å². The Labute approximate surface area is 95.7 Å². The highest BCUT2D eigenvalue weighted by molar-refractivity contribution is 9.38. The molecule has 0 aliphatic carbocycles. The van der Waals surface area contributed by atoms with E-state index in [0.717, 1.165) is 10.6 Å². The molecular formula is C7H4Br3Cl. The third-order valence-electron chi connectivity index (χ3n) is 1.15. The minimum Gasteiger partial charge on any atom is -0.0843 e. The van der Waals surface area contributed by atoms with Crippen LogP contribution in [0, 0.1) is 0 Å². The second-order valence-corrected chi connectivity index (χ2v) is 9.21. The van der Waals surface area contributed by atoms with E-state index in [4.69, 9.17) is 11.6 Å². The van der Waals surface area contributed by atoms with Gasteiger partial charge in [-0.3, -0.25) is 0 Å². The van der Waals surface area contributed by atoms with Gasteiger partial charge in [-0.25, -0.2) is 0 Å². The fraction of sp³-hybridized carbons (Fsp3) is 0.143. The van der Waals surface area contributed by atoms with Crippen LogP contribution >= 0.6 is 59.4 Å². The zero-order chi connectivity index (χ0) is 8.48. The summed E-state index contributed by atoms with van der Waals surface area (Å²) in [5.74, 6) is 0. The number of halogens is 4. The average Bonchev–Trinajstić information content (AvgIpc) is 1.86. The molecule has 1 aromatic rings. The number of hydrogen-bond donors (Lipinski definition) is 0. The number of rotatable bonds is 0. The van der Waals surface area contributed by atoms with E-state index in [9.17, 15) is 0 Å². The summed E-state index contributed by atoms with van der Waals surface area (Å²) in [6, 6.07) is 7.57. The second kappa shape index (κ2) is 3.77.